The second kappa shape index (κ2) is 7.82. The van der Waals surface area contributed by atoms with E-state index in [0.29, 0.717) is 0 Å². The Morgan fingerprint density at radius 2 is 1.50 bits per heavy atom. The molecule has 0 bridgehead atoms. The lowest BCUT2D eigenvalue weighted by Crippen LogP contribution is -2.29. The van der Waals surface area contributed by atoms with Crippen LogP contribution in [0.25, 0.3) is 5.57 Å². The number of Topliss-reactive ketones (excluding diaryl/α,β-unsaturated/α-hetero) is 2. The van der Waals surface area contributed by atoms with Crippen LogP contribution in [0.5, 0.6) is 0 Å². The molecule has 1 heterocycles. The summed E-state index contributed by atoms with van der Waals surface area (Å²) >= 11 is 0.965. The molecule has 142 valence electrons. The second-order valence-corrected chi connectivity index (χ2v) is 6.78. The van der Waals surface area contributed by atoms with E-state index >= 15 is 0 Å². The Morgan fingerprint density at radius 3 is 2.07 bits per heavy atom. The van der Waals surface area contributed by atoms with Crippen LogP contribution in [-0.4, -0.2) is 17.7 Å². The van der Waals surface area contributed by atoms with Crippen LogP contribution in [0, 0.1) is 0 Å². The Hall–Kier alpha value is -3.19. The van der Waals surface area contributed by atoms with Crippen molar-refractivity contribution < 1.29 is 22.8 Å². The Bertz CT molecular complexity index is 1040. The number of benzene rings is 2. The van der Waals surface area contributed by atoms with Gasteiger partial charge in [0.05, 0.1) is 10.5 Å². The fourth-order valence-electron chi connectivity index (χ4n) is 2.77. The minimum absolute atomic E-state index is 0.0375. The van der Waals surface area contributed by atoms with Gasteiger partial charge in [-0.1, -0.05) is 54.6 Å². The molecule has 3 nitrogen and oxygen atoms in total. The van der Waals surface area contributed by atoms with Crippen LogP contribution in [-0.2, 0) is 4.79 Å². The first-order valence-corrected chi connectivity index (χ1v) is 9.03. The van der Waals surface area contributed by atoms with Crippen molar-refractivity contribution in [2.75, 3.05) is 5.73 Å². The van der Waals surface area contributed by atoms with E-state index in [1.165, 1.54) is 36.4 Å². The van der Waals surface area contributed by atoms with Crippen molar-refractivity contribution in [1.29, 1.82) is 0 Å². The van der Waals surface area contributed by atoms with Crippen molar-refractivity contribution in [3.63, 3.8) is 0 Å². The molecule has 1 aromatic heterocycles. The fraction of sp³-hybridized carbons (Fsp3) is 0.0476. The van der Waals surface area contributed by atoms with Crippen molar-refractivity contribution in [2.24, 2.45) is 0 Å². The molecule has 0 aliphatic heterocycles. The highest BCUT2D eigenvalue weighted by Gasteiger charge is 2.45. The third-order valence-corrected chi connectivity index (χ3v) is 4.87. The van der Waals surface area contributed by atoms with Crippen LogP contribution in [0.2, 0.25) is 0 Å². The van der Waals surface area contributed by atoms with Gasteiger partial charge in [-0.2, -0.15) is 13.2 Å². The van der Waals surface area contributed by atoms with E-state index in [1.807, 2.05) is 0 Å². The molecule has 0 spiro atoms. The van der Waals surface area contributed by atoms with Gasteiger partial charge in [-0.3, -0.25) is 9.59 Å². The average molecular weight is 401 g/mol. The number of nitrogens with two attached hydrogens (primary N) is 1. The first-order chi connectivity index (χ1) is 13.3. The summed E-state index contributed by atoms with van der Waals surface area (Å²) in [6.07, 6.45) is -5.22. The molecule has 2 aromatic carbocycles. The van der Waals surface area contributed by atoms with Gasteiger partial charge in [0.2, 0.25) is 5.78 Å². The first kappa shape index (κ1) is 19.6. The van der Waals surface area contributed by atoms with Gasteiger partial charge in [-0.25, -0.2) is 0 Å². The van der Waals surface area contributed by atoms with Gasteiger partial charge in [-0.15, -0.1) is 11.3 Å². The lowest BCUT2D eigenvalue weighted by Gasteiger charge is -2.17. The molecule has 0 saturated heterocycles. The van der Waals surface area contributed by atoms with Gasteiger partial charge >= 0.3 is 6.18 Å². The number of rotatable bonds is 5. The quantitative estimate of drug-likeness (QED) is 0.212. The topological polar surface area (TPSA) is 60.2 Å². The summed E-state index contributed by atoms with van der Waals surface area (Å²) in [5.41, 5.74) is 5.54. The summed E-state index contributed by atoms with van der Waals surface area (Å²) in [6, 6.07) is 17.1. The normalized spacial score (nSPS) is 12.4. The van der Waals surface area contributed by atoms with Crippen molar-refractivity contribution in [1.82, 2.24) is 0 Å². The van der Waals surface area contributed by atoms with Crippen molar-refractivity contribution in [2.45, 2.75) is 6.18 Å². The largest absolute Gasteiger partial charge is 0.455 e. The molecule has 0 atom stereocenters. The summed E-state index contributed by atoms with van der Waals surface area (Å²) in [5, 5.41) is 1.56. The average Bonchev–Trinajstić information content (AvgIpc) is 3.21. The number of anilines is 1. The number of carbonyl (C=O) groups is 2. The SMILES string of the molecule is Nc1ccccc1/C(=C(/C(=O)c1cccs1)C(=O)C(F)(F)F)c1ccccc1. The molecular weight excluding hydrogens is 387 g/mol. The molecule has 0 unspecified atom stereocenters. The smallest absolute Gasteiger partial charge is 0.398 e. The Balaban J connectivity index is 2.41. The summed E-state index contributed by atoms with van der Waals surface area (Å²) in [4.78, 5) is 25.4. The number of para-hydroxylation sites is 1. The maximum Gasteiger partial charge on any atom is 0.455 e. The zero-order valence-electron chi connectivity index (χ0n) is 14.4. The molecule has 0 radical (unpaired) electrons. The second-order valence-electron chi connectivity index (χ2n) is 5.84. The summed E-state index contributed by atoms with van der Waals surface area (Å²) < 4.78 is 40.3. The summed E-state index contributed by atoms with van der Waals surface area (Å²) in [5.74, 6) is -3.19. The van der Waals surface area contributed by atoms with Crippen molar-refractivity contribution >= 4 is 34.2 Å². The van der Waals surface area contributed by atoms with Crippen molar-refractivity contribution in [3.05, 3.63) is 93.7 Å². The van der Waals surface area contributed by atoms with Crippen LogP contribution in [0.4, 0.5) is 18.9 Å². The fourth-order valence-corrected chi connectivity index (χ4v) is 3.44. The van der Waals surface area contributed by atoms with Gasteiger partial charge in [0.25, 0.3) is 5.78 Å². The van der Waals surface area contributed by atoms with E-state index in [0.717, 1.165) is 11.3 Å². The first-order valence-electron chi connectivity index (χ1n) is 8.15. The number of halogens is 3. The predicted molar refractivity (Wildman–Crippen MR) is 103 cm³/mol. The van der Waals surface area contributed by atoms with Gasteiger partial charge in [0.1, 0.15) is 0 Å². The van der Waals surface area contributed by atoms with E-state index in [9.17, 15) is 22.8 Å². The Morgan fingerprint density at radius 1 is 0.857 bits per heavy atom. The van der Waals surface area contributed by atoms with Crippen LogP contribution in [0.3, 0.4) is 0 Å². The van der Waals surface area contributed by atoms with Crippen LogP contribution in [0.15, 0.2) is 77.7 Å². The van der Waals surface area contributed by atoms with Crippen molar-refractivity contribution in [3.8, 4) is 0 Å². The number of alkyl halides is 3. The summed E-state index contributed by atoms with van der Waals surface area (Å²) in [6.45, 7) is 0. The lowest BCUT2D eigenvalue weighted by atomic mass is 9.87. The molecular formula is C21H14F3NO2S. The minimum atomic E-state index is -5.22. The van der Waals surface area contributed by atoms with Gasteiger partial charge in [0.15, 0.2) is 0 Å². The third-order valence-electron chi connectivity index (χ3n) is 4.00. The van der Waals surface area contributed by atoms with Crippen LogP contribution in [0.1, 0.15) is 20.8 Å². The molecule has 0 fully saturated rings. The summed E-state index contributed by atoms with van der Waals surface area (Å²) in [7, 11) is 0. The standard InChI is InChI=1S/C21H14F3NO2S/c22-21(23,24)20(27)18(19(26)16-11-6-12-28-16)17(13-7-2-1-3-8-13)14-9-4-5-10-15(14)25/h1-12H,25H2/b18-17-. The number of thiophene rings is 1. The Kier molecular flexibility index (Phi) is 5.46. The van der Waals surface area contributed by atoms with E-state index < -0.39 is 23.3 Å². The van der Waals surface area contributed by atoms with Crippen LogP contribution >= 0.6 is 11.3 Å². The van der Waals surface area contributed by atoms with E-state index in [-0.39, 0.29) is 27.3 Å². The highest BCUT2D eigenvalue weighted by molar-refractivity contribution is 7.12. The number of hydrogen-bond donors (Lipinski definition) is 1. The van der Waals surface area contributed by atoms with Gasteiger partial charge < -0.3 is 5.73 Å². The number of hydrogen-bond acceptors (Lipinski definition) is 4. The highest BCUT2D eigenvalue weighted by atomic mass is 32.1. The molecule has 0 saturated carbocycles. The zero-order chi connectivity index (χ0) is 20.3. The predicted octanol–water partition coefficient (Wildman–Crippen LogP) is 5.15. The maximum atomic E-state index is 13.4. The monoisotopic (exact) mass is 401 g/mol. The maximum absolute atomic E-state index is 13.4. The number of allylic oxidation sites excluding steroid dienone is 1. The van der Waals surface area contributed by atoms with E-state index in [4.69, 9.17) is 5.73 Å². The minimum Gasteiger partial charge on any atom is -0.398 e. The molecule has 0 amide bonds. The number of ketones is 2. The number of carbonyl (C=O) groups excluding carboxylic acids is 2. The molecule has 2 N–H and O–H groups in total. The molecule has 3 aromatic rings. The molecule has 3 rings (SSSR count). The highest BCUT2D eigenvalue weighted by Crippen LogP contribution is 2.36. The lowest BCUT2D eigenvalue weighted by molar-refractivity contribution is -0.166. The molecule has 0 aliphatic rings. The third kappa shape index (κ3) is 3.89. The van der Waals surface area contributed by atoms with Crippen LogP contribution < -0.4 is 5.73 Å². The van der Waals surface area contributed by atoms with E-state index in [2.05, 4.69) is 0 Å². The zero-order valence-corrected chi connectivity index (χ0v) is 15.2. The van der Waals surface area contributed by atoms with E-state index in [1.54, 1.807) is 35.7 Å². The molecule has 28 heavy (non-hydrogen) atoms. The molecule has 7 heteroatoms. The van der Waals surface area contributed by atoms with Gasteiger partial charge in [0, 0.05) is 16.8 Å². The Labute approximate surface area is 162 Å². The van der Waals surface area contributed by atoms with Gasteiger partial charge in [-0.05, 0) is 23.1 Å². The molecule has 0 aliphatic carbocycles. The number of nitrogen functional groups attached to an aromatic ring is 1.